The highest BCUT2D eigenvalue weighted by Gasteiger charge is 2.51. The Kier molecular flexibility index (Phi) is 3.41. The van der Waals surface area contributed by atoms with E-state index in [0.717, 1.165) is 12.1 Å². The molecule has 2 N–H and O–H groups in total. The van der Waals surface area contributed by atoms with Crippen LogP contribution >= 0.6 is 0 Å². The number of fused-ring (bicyclic) bond motifs is 2. The van der Waals surface area contributed by atoms with Crippen molar-refractivity contribution >= 4 is 17.6 Å². The summed E-state index contributed by atoms with van der Waals surface area (Å²) in [5, 5.41) is 20.0. The minimum atomic E-state index is -0.900. The van der Waals surface area contributed by atoms with Crippen LogP contribution in [0.2, 0.25) is 0 Å². The van der Waals surface area contributed by atoms with Gasteiger partial charge in [0.05, 0.1) is 29.9 Å². The maximum atomic E-state index is 12.7. The summed E-state index contributed by atoms with van der Waals surface area (Å²) in [6.07, 6.45) is 7.93. The van der Waals surface area contributed by atoms with Gasteiger partial charge in [0.1, 0.15) is 0 Å². The molecule has 1 fully saturated rings. The van der Waals surface area contributed by atoms with Crippen LogP contribution in [0.25, 0.3) is 5.69 Å². The molecule has 1 aromatic carbocycles. The first-order valence-corrected chi connectivity index (χ1v) is 7.82. The molecule has 0 aliphatic heterocycles. The van der Waals surface area contributed by atoms with Crippen molar-refractivity contribution in [1.82, 2.24) is 15.0 Å². The lowest BCUT2D eigenvalue weighted by molar-refractivity contribution is -0.146. The number of carbonyl (C=O) groups excluding carboxylic acids is 1. The number of amides is 1. The molecule has 24 heavy (non-hydrogen) atoms. The Morgan fingerprint density at radius 2 is 2.00 bits per heavy atom. The van der Waals surface area contributed by atoms with E-state index in [-0.39, 0.29) is 17.7 Å². The second kappa shape index (κ2) is 5.59. The molecule has 2 bridgehead atoms. The SMILES string of the molecule is O=C(O)C1C2C=CC(C2)C1C(=O)Nc1cccc(-n2ccnn2)c1. The van der Waals surface area contributed by atoms with Crippen LogP contribution in [-0.4, -0.2) is 32.0 Å². The number of aliphatic carboxylic acids is 1. The van der Waals surface area contributed by atoms with Gasteiger partial charge in [0.25, 0.3) is 0 Å². The van der Waals surface area contributed by atoms with Gasteiger partial charge in [-0.15, -0.1) is 5.10 Å². The van der Waals surface area contributed by atoms with Crippen molar-refractivity contribution in [2.75, 3.05) is 5.32 Å². The summed E-state index contributed by atoms with van der Waals surface area (Å²) in [5.41, 5.74) is 1.39. The average Bonchev–Trinajstić information content (AvgIpc) is 3.31. The van der Waals surface area contributed by atoms with Gasteiger partial charge in [0.15, 0.2) is 0 Å². The van der Waals surface area contributed by atoms with Crippen molar-refractivity contribution < 1.29 is 14.7 Å². The second-order valence-electron chi connectivity index (χ2n) is 6.23. The van der Waals surface area contributed by atoms with Crippen LogP contribution in [0.15, 0.2) is 48.8 Å². The van der Waals surface area contributed by atoms with Gasteiger partial charge >= 0.3 is 5.97 Å². The number of allylic oxidation sites excluding steroid dienone is 2. The van der Waals surface area contributed by atoms with E-state index in [1.165, 1.54) is 0 Å². The van der Waals surface area contributed by atoms with Gasteiger partial charge in [-0.2, -0.15) is 0 Å². The van der Waals surface area contributed by atoms with Crippen LogP contribution in [-0.2, 0) is 9.59 Å². The van der Waals surface area contributed by atoms with E-state index in [9.17, 15) is 14.7 Å². The Hall–Kier alpha value is -2.96. The lowest BCUT2D eigenvalue weighted by Crippen LogP contribution is -2.36. The number of carboxylic acids is 1. The molecule has 2 aliphatic rings. The first kappa shape index (κ1) is 14.6. The topological polar surface area (TPSA) is 97.1 Å². The van der Waals surface area contributed by atoms with Crippen LogP contribution in [0, 0.1) is 23.7 Å². The van der Waals surface area contributed by atoms with Crippen LogP contribution in [0.4, 0.5) is 5.69 Å². The second-order valence-corrected chi connectivity index (χ2v) is 6.23. The number of benzene rings is 1. The predicted octanol–water partition coefficient (Wildman–Crippen LogP) is 1.73. The van der Waals surface area contributed by atoms with Crippen molar-refractivity contribution in [3.8, 4) is 5.69 Å². The predicted molar refractivity (Wildman–Crippen MR) is 85.3 cm³/mol. The summed E-state index contributed by atoms with van der Waals surface area (Å²) >= 11 is 0. The largest absolute Gasteiger partial charge is 0.481 e. The van der Waals surface area contributed by atoms with Crippen LogP contribution in [0.1, 0.15) is 6.42 Å². The molecule has 0 saturated heterocycles. The summed E-state index contributed by atoms with van der Waals surface area (Å²) in [5.74, 6) is -2.33. The van der Waals surface area contributed by atoms with Gasteiger partial charge in [-0.1, -0.05) is 23.4 Å². The van der Waals surface area contributed by atoms with Crippen LogP contribution < -0.4 is 5.32 Å². The van der Waals surface area contributed by atoms with Crippen LogP contribution in [0.3, 0.4) is 0 Å². The molecule has 1 aromatic heterocycles. The number of hydrogen-bond acceptors (Lipinski definition) is 4. The van der Waals surface area contributed by atoms with E-state index in [2.05, 4.69) is 15.6 Å². The lowest BCUT2D eigenvalue weighted by Gasteiger charge is -2.23. The average molecular weight is 324 g/mol. The van der Waals surface area contributed by atoms with E-state index in [4.69, 9.17) is 0 Å². The zero-order valence-electron chi connectivity index (χ0n) is 12.7. The van der Waals surface area contributed by atoms with Gasteiger partial charge in [0, 0.05) is 5.69 Å². The zero-order valence-corrected chi connectivity index (χ0v) is 12.7. The molecule has 7 heteroatoms. The molecule has 4 unspecified atom stereocenters. The Morgan fingerprint density at radius 1 is 1.21 bits per heavy atom. The molecule has 4 rings (SSSR count). The van der Waals surface area contributed by atoms with E-state index in [1.54, 1.807) is 29.2 Å². The van der Waals surface area contributed by atoms with Gasteiger partial charge in [-0.25, -0.2) is 4.68 Å². The fourth-order valence-electron chi connectivity index (χ4n) is 3.81. The first-order valence-electron chi connectivity index (χ1n) is 7.82. The summed E-state index contributed by atoms with van der Waals surface area (Å²) < 4.78 is 1.59. The van der Waals surface area contributed by atoms with Gasteiger partial charge in [-0.05, 0) is 36.5 Å². The van der Waals surface area contributed by atoms with Crippen molar-refractivity contribution in [2.24, 2.45) is 23.7 Å². The maximum absolute atomic E-state index is 12.7. The maximum Gasteiger partial charge on any atom is 0.307 e. The zero-order chi connectivity index (χ0) is 16.7. The van der Waals surface area contributed by atoms with E-state index in [1.807, 2.05) is 24.3 Å². The van der Waals surface area contributed by atoms with Crippen molar-refractivity contribution in [1.29, 1.82) is 0 Å². The highest BCUT2D eigenvalue weighted by atomic mass is 16.4. The van der Waals surface area contributed by atoms with Crippen LogP contribution in [0.5, 0.6) is 0 Å². The summed E-state index contributed by atoms with van der Waals surface area (Å²) in [7, 11) is 0. The van der Waals surface area contributed by atoms with Crippen molar-refractivity contribution in [2.45, 2.75) is 6.42 Å². The highest BCUT2D eigenvalue weighted by Crippen LogP contribution is 2.48. The quantitative estimate of drug-likeness (QED) is 0.835. The molecule has 1 heterocycles. The fraction of sp³-hybridized carbons (Fsp3) is 0.294. The summed E-state index contributed by atoms with van der Waals surface area (Å²) in [6, 6.07) is 7.22. The number of nitrogens with zero attached hydrogens (tertiary/aromatic N) is 3. The van der Waals surface area contributed by atoms with Crippen molar-refractivity contribution in [3.63, 3.8) is 0 Å². The van der Waals surface area contributed by atoms with E-state index < -0.39 is 17.8 Å². The molecule has 7 nitrogen and oxygen atoms in total. The molecule has 2 aromatic rings. The standard InChI is InChI=1S/C17H16N4O3/c22-16(14-10-4-5-11(8-10)15(14)17(23)24)19-12-2-1-3-13(9-12)21-7-6-18-20-21/h1-7,9-11,14-15H,8H2,(H,19,22)(H,23,24). The first-order chi connectivity index (χ1) is 11.6. The molecular formula is C17H16N4O3. The number of anilines is 1. The Morgan fingerprint density at radius 3 is 2.71 bits per heavy atom. The third kappa shape index (κ3) is 2.38. The number of carbonyl (C=O) groups is 2. The molecule has 4 atom stereocenters. The third-order valence-electron chi connectivity index (χ3n) is 4.85. The lowest BCUT2D eigenvalue weighted by atomic mass is 9.82. The summed E-state index contributed by atoms with van der Waals surface area (Å²) in [6.45, 7) is 0. The molecule has 122 valence electrons. The highest BCUT2D eigenvalue weighted by molar-refractivity contribution is 5.96. The number of nitrogens with one attached hydrogen (secondary N) is 1. The molecule has 0 radical (unpaired) electrons. The molecule has 2 aliphatic carbocycles. The van der Waals surface area contributed by atoms with Gasteiger partial charge in [0.2, 0.25) is 5.91 Å². The number of carboxylic acid groups (broad SMARTS) is 1. The number of rotatable bonds is 4. The monoisotopic (exact) mass is 324 g/mol. The molecule has 0 spiro atoms. The van der Waals surface area contributed by atoms with E-state index in [0.29, 0.717) is 5.69 Å². The van der Waals surface area contributed by atoms with Gasteiger partial charge < -0.3 is 10.4 Å². The Labute approximate surface area is 138 Å². The number of hydrogen-bond donors (Lipinski definition) is 2. The fourth-order valence-corrected chi connectivity index (χ4v) is 3.81. The summed E-state index contributed by atoms with van der Waals surface area (Å²) in [4.78, 5) is 24.2. The van der Waals surface area contributed by atoms with Gasteiger partial charge in [-0.3, -0.25) is 9.59 Å². The van der Waals surface area contributed by atoms with E-state index >= 15 is 0 Å². The Bertz CT molecular complexity index is 815. The molecule has 1 saturated carbocycles. The minimum Gasteiger partial charge on any atom is -0.481 e. The Balaban J connectivity index is 1.55. The van der Waals surface area contributed by atoms with Crippen molar-refractivity contribution in [3.05, 3.63) is 48.8 Å². The minimum absolute atomic E-state index is 0.00889. The smallest absolute Gasteiger partial charge is 0.307 e. The normalized spacial score (nSPS) is 27.3. The number of aromatic nitrogens is 3. The molecule has 1 amide bonds. The molecular weight excluding hydrogens is 308 g/mol. The third-order valence-corrected chi connectivity index (χ3v) is 4.85.